The van der Waals surface area contributed by atoms with E-state index >= 15 is 0 Å². The summed E-state index contributed by atoms with van der Waals surface area (Å²) in [6.45, 7) is 4.64. The molecule has 110 valence electrons. The molecule has 3 heteroatoms. The van der Waals surface area contributed by atoms with Crippen molar-refractivity contribution in [1.29, 1.82) is 0 Å². The second-order valence-electron chi connectivity index (χ2n) is 6.21. The maximum absolute atomic E-state index is 4.65. The van der Waals surface area contributed by atoms with Crippen LogP contribution in [-0.4, -0.2) is 29.0 Å². The maximum atomic E-state index is 4.65. The van der Waals surface area contributed by atoms with E-state index in [1.165, 1.54) is 57.1 Å². The van der Waals surface area contributed by atoms with Crippen molar-refractivity contribution in [2.75, 3.05) is 18.4 Å². The Morgan fingerprint density at radius 2 is 2.05 bits per heavy atom. The van der Waals surface area contributed by atoms with Gasteiger partial charge in [0.15, 0.2) is 0 Å². The molecule has 1 aliphatic heterocycles. The molecule has 1 saturated carbocycles. The van der Waals surface area contributed by atoms with Gasteiger partial charge in [0.25, 0.3) is 0 Å². The van der Waals surface area contributed by atoms with Crippen molar-refractivity contribution in [2.24, 2.45) is 0 Å². The van der Waals surface area contributed by atoms with Gasteiger partial charge in [-0.15, -0.1) is 0 Å². The molecule has 0 bridgehead atoms. The number of rotatable bonds is 4. The van der Waals surface area contributed by atoms with Crippen molar-refractivity contribution in [1.82, 2.24) is 9.88 Å². The van der Waals surface area contributed by atoms with Gasteiger partial charge < -0.3 is 5.32 Å². The minimum atomic E-state index is 0.569. The van der Waals surface area contributed by atoms with Crippen molar-refractivity contribution >= 4 is 5.82 Å². The summed E-state index contributed by atoms with van der Waals surface area (Å²) in [5, 5.41) is 3.73. The molecule has 20 heavy (non-hydrogen) atoms. The van der Waals surface area contributed by atoms with Gasteiger partial charge in [0.1, 0.15) is 5.82 Å². The molecule has 2 heterocycles. The highest BCUT2D eigenvalue weighted by Gasteiger charge is 2.27. The summed E-state index contributed by atoms with van der Waals surface area (Å²) in [6, 6.07) is 5.57. The van der Waals surface area contributed by atoms with Gasteiger partial charge in [0.2, 0.25) is 0 Å². The quantitative estimate of drug-likeness (QED) is 0.899. The van der Waals surface area contributed by atoms with Gasteiger partial charge in [-0.1, -0.05) is 32.3 Å². The van der Waals surface area contributed by atoms with Crippen LogP contribution in [-0.2, 0) is 0 Å². The lowest BCUT2D eigenvalue weighted by Gasteiger charge is -2.28. The normalized spacial score (nSPS) is 24.9. The first-order valence-electron chi connectivity index (χ1n) is 8.34. The molecule has 3 rings (SSSR count). The SMILES string of the molecule is CCN1CCCC1c1cccnc1NC1CCCCC1. The van der Waals surface area contributed by atoms with E-state index in [-0.39, 0.29) is 0 Å². The van der Waals surface area contributed by atoms with Gasteiger partial charge in [-0.2, -0.15) is 0 Å². The summed E-state index contributed by atoms with van der Waals surface area (Å²) in [6.07, 6.45) is 11.3. The molecule has 3 nitrogen and oxygen atoms in total. The Hall–Kier alpha value is -1.09. The zero-order valence-corrected chi connectivity index (χ0v) is 12.6. The monoisotopic (exact) mass is 273 g/mol. The van der Waals surface area contributed by atoms with E-state index in [1.807, 2.05) is 6.20 Å². The lowest BCUT2D eigenvalue weighted by molar-refractivity contribution is 0.271. The molecule has 1 saturated heterocycles. The lowest BCUT2D eigenvalue weighted by atomic mass is 9.95. The van der Waals surface area contributed by atoms with E-state index in [9.17, 15) is 0 Å². The summed E-state index contributed by atoms with van der Waals surface area (Å²) in [4.78, 5) is 7.23. The third-order valence-corrected chi connectivity index (χ3v) is 4.91. The molecular formula is C17H27N3. The van der Waals surface area contributed by atoms with E-state index in [2.05, 4.69) is 34.3 Å². The van der Waals surface area contributed by atoms with Gasteiger partial charge >= 0.3 is 0 Å². The average molecular weight is 273 g/mol. The van der Waals surface area contributed by atoms with Gasteiger partial charge in [-0.05, 0) is 44.8 Å². The van der Waals surface area contributed by atoms with Crippen LogP contribution < -0.4 is 5.32 Å². The molecule has 1 atom stereocenters. The van der Waals surface area contributed by atoms with Crippen LogP contribution in [0.2, 0.25) is 0 Å². The highest BCUT2D eigenvalue weighted by atomic mass is 15.2. The molecule has 1 aliphatic carbocycles. The number of pyridine rings is 1. The van der Waals surface area contributed by atoms with Gasteiger partial charge in [-0.3, -0.25) is 4.90 Å². The zero-order valence-electron chi connectivity index (χ0n) is 12.6. The average Bonchev–Trinajstić information content (AvgIpc) is 2.97. The van der Waals surface area contributed by atoms with Crippen molar-refractivity contribution in [3.05, 3.63) is 23.9 Å². The van der Waals surface area contributed by atoms with Crippen molar-refractivity contribution < 1.29 is 0 Å². The van der Waals surface area contributed by atoms with Crippen LogP contribution in [0.5, 0.6) is 0 Å². The fourth-order valence-corrected chi connectivity index (χ4v) is 3.80. The Morgan fingerprint density at radius 3 is 2.85 bits per heavy atom. The van der Waals surface area contributed by atoms with Crippen molar-refractivity contribution in [3.8, 4) is 0 Å². The number of aromatic nitrogens is 1. The number of anilines is 1. The second-order valence-corrected chi connectivity index (χ2v) is 6.21. The number of likely N-dealkylation sites (tertiary alicyclic amines) is 1. The maximum Gasteiger partial charge on any atom is 0.130 e. The Labute approximate surface area is 122 Å². The molecule has 1 aromatic rings. The highest BCUT2D eigenvalue weighted by molar-refractivity contribution is 5.47. The van der Waals surface area contributed by atoms with Crippen LogP contribution >= 0.6 is 0 Å². The van der Waals surface area contributed by atoms with Crippen LogP contribution in [0.3, 0.4) is 0 Å². The topological polar surface area (TPSA) is 28.2 Å². The minimum Gasteiger partial charge on any atom is -0.367 e. The molecule has 1 N–H and O–H groups in total. The van der Waals surface area contributed by atoms with Crippen LogP contribution in [0.1, 0.15) is 63.5 Å². The first-order valence-corrected chi connectivity index (χ1v) is 8.34. The Kier molecular flexibility index (Phi) is 4.56. The Balaban J connectivity index is 1.77. The highest BCUT2D eigenvalue weighted by Crippen LogP contribution is 2.35. The summed E-state index contributed by atoms with van der Waals surface area (Å²) in [5.41, 5.74) is 1.41. The molecule has 0 aromatic carbocycles. The Morgan fingerprint density at radius 1 is 1.20 bits per heavy atom. The summed E-state index contributed by atoms with van der Waals surface area (Å²) >= 11 is 0. The second kappa shape index (κ2) is 6.57. The molecular weight excluding hydrogens is 246 g/mol. The van der Waals surface area contributed by atoms with Crippen molar-refractivity contribution in [3.63, 3.8) is 0 Å². The van der Waals surface area contributed by atoms with E-state index in [1.54, 1.807) is 0 Å². The molecule has 1 aromatic heterocycles. The van der Waals surface area contributed by atoms with Crippen LogP contribution in [0, 0.1) is 0 Å². The van der Waals surface area contributed by atoms with Gasteiger partial charge in [0.05, 0.1) is 0 Å². The first kappa shape index (κ1) is 13.9. The number of hydrogen-bond donors (Lipinski definition) is 1. The standard InChI is InChI=1S/C17H27N3/c1-2-20-13-7-11-16(20)15-10-6-12-18-17(15)19-14-8-4-3-5-9-14/h6,10,12,14,16H,2-5,7-9,11,13H2,1H3,(H,18,19). The van der Waals surface area contributed by atoms with E-state index in [0.29, 0.717) is 12.1 Å². The molecule has 2 fully saturated rings. The largest absolute Gasteiger partial charge is 0.367 e. The van der Waals surface area contributed by atoms with Gasteiger partial charge in [0, 0.05) is 23.8 Å². The van der Waals surface area contributed by atoms with Gasteiger partial charge in [-0.25, -0.2) is 4.98 Å². The molecule has 0 amide bonds. The van der Waals surface area contributed by atoms with E-state index in [4.69, 9.17) is 0 Å². The minimum absolute atomic E-state index is 0.569. The predicted octanol–water partition coefficient (Wildman–Crippen LogP) is 3.98. The van der Waals surface area contributed by atoms with Crippen LogP contribution in [0.4, 0.5) is 5.82 Å². The number of hydrogen-bond acceptors (Lipinski definition) is 3. The summed E-state index contributed by atoms with van der Waals surface area (Å²) in [5.74, 6) is 1.14. The third-order valence-electron chi connectivity index (χ3n) is 4.91. The van der Waals surface area contributed by atoms with Crippen molar-refractivity contribution in [2.45, 2.75) is 64.0 Å². The van der Waals surface area contributed by atoms with Crippen LogP contribution in [0.15, 0.2) is 18.3 Å². The lowest BCUT2D eigenvalue weighted by Crippen LogP contribution is -2.27. The van der Waals surface area contributed by atoms with E-state index < -0.39 is 0 Å². The predicted molar refractivity (Wildman–Crippen MR) is 84.0 cm³/mol. The van der Waals surface area contributed by atoms with E-state index in [0.717, 1.165) is 12.4 Å². The summed E-state index contributed by atoms with van der Waals surface area (Å²) < 4.78 is 0. The fourth-order valence-electron chi connectivity index (χ4n) is 3.80. The number of nitrogens with zero attached hydrogens (tertiary/aromatic N) is 2. The molecule has 0 radical (unpaired) electrons. The third kappa shape index (κ3) is 2.98. The first-order chi connectivity index (χ1) is 9.88. The smallest absolute Gasteiger partial charge is 0.130 e. The summed E-state index contributed by atoms with van der Waals surface area (Å²) in [7, 11) is 0. The molecule has 1 unspecified atom stereocenters. The Bertz CT molecular complexity index is 426. The fraction of sp³-hybridized carbons (Fsp3) is 0.706. The molecule has 2 aliphatic rings. The van der Waals surface area contributed by atoms with Crippen LogP contribution in [0.25, 0.3) is 0 Å². The zero-order chi connectivity index (χ0) is 13.8. The molecule has 0 spiro atoms. The number of nitrogens with one attached hydrogen (secondary N) is 1.